The molecule has 1 saturated heterocycles. The summed E-state index contributed by atoms with van der Waals surface area (Å²) >= 11 is 0. The van der Waals surface area contributed by atoms with Crippen molar-refractivity contribution in [2.45, 2.75) is 19.8 Å². The van der Waals surface area contributed by atoms with Crippen LogP contribution in [0, 0.1) is 5.41 Å². The molecule has 0 radical (unpaired) electrons. The molecule has 2 nitrogen and oxygen atoms in total. The van der Waals surface area contributed by atoms with Crippen molar-refractivity contribution in [3.05, 3.63) is 35.9 Å². The zero-order valence-electron chi connectivity index (χ0n) is 10.1. The van der Waals surface area contributed by atoms with E-state index in [2.05, 4.69) is 18.9 Å². The lowest BCUT2D eigenvalue weighted by molar-refractivity contribution is 0.0678. The van der Waals surface area contributed by atoms with Gasteiger partial charge in [0.2, 0.25) is 0 Å². The Balaban J connectivity index is 2.16. The van der Waals surface area contributed by atoms with Gasteiger partial charge in [-0.15, -0.1) is 0 Å². The van der Waals surface area contributed by atoms with Crippen LogP contribution in [0.15, 0.2) is 30.3 Å². The fourth-order valence-electron chi connectivity index (χ4n) is 2.28. The first-order valence-electron chi connectivity index (χ1n) is 5.90. The number of piperidine rings is 1. The molecule has 1 aromatic carbocycles. The molecular weight excluding hydrogens is 198 g/mol. The van der Waals surface area contributed by atoms with Crippen LogP contribution in [0.3, 0.4) is 0 Å². The van der Waals surface area contributed by atoms with Crippen LogP contribution < -0.4 is 0 Å². The van der Waals surface area contributed by atoms with Gasteiger partial charge in [0.05, 0.1) is 0 Å². The number of nitrogens with zero attached hydrogens (tertiary/aromatic N) is 1. The molecule has 0 amide bonds. The molecule has 1 heterocycles. The molecule has 16 heavy (non-hydrogen) atoms. The third-order valence-electron chi connectivity index (χ3n) is 3.67. The lowest BCUT2D eigenvalue weighted by Gasteiger charge is -2.36. The molecule has 2 rings (SSSR count). The SMILES string of the molecule is CN1CCC(C)(C(=O)c2ccccc2)CC1. The second-order valence-electron chi connectivity index (χ2n) is 5.06. The van der Waals surface area contributed by atoms with E-state index in [1.165, 1.54) is 0 Å². The molecular formula is C14H19NO. The minimum Gasteiger partial charge on any atom is -0.306 e. The topological polar surface area (TPSA) is 20.3 Å². The summed E-state index contributed by atoms with van der Waals surface area (Å²) < 4.78 is 0. The monoisotopic (exact) mass is 217 g/mol. The summed E-state index contributed by atoms with van der Waals surface area (Å²) in [5.74, 6) is 0.307. The Morgan fingerprint density at radius 3 is 2.31 bits per heavy atom. The van der Waals surface area contributed by atoms with Crippen LogP contribution in [0.5, 0.6) is 0 Å². The minimum absolute atomic E-state index is 0.159. The Bertz CT molecular complexity index is 364. The summed E-state index contributed by atoms with van der Waals surface area (Å²) in [7, 11) is 2.12. The number of ketones is 1. The fourth-order valence-corrected chi connectivity index (χ4v) is 2.28. The standard InChI is InChI=1S/C14H19NO/c1-14(8-10-15(2)11-9-14)13(16)12-6-4-3-5-7-12/h3-7H,8-11H2,1-2H3. The van der Waals surface area contributed by atoms with Crippen molar-refractivity contribution in [1.29, 1.82) is 0 Å². The Morgan fingerprint density at radius 1 is 1.19 bits per heavy atom. The van der Waals surface area contributed by atoms with E-state index in [4.69, 9.17) is 0 Å². The Labute approximate surface area is 97.3 Å². The summed E-state index contributed by atoms with van der Waals surface area (Å²) in [4.78, 5) is 14.7. The van der Waals surface area contributed by atoms with E-state index < -0.39 is 0 Å². The Hall–Kier alpha value is -1.15. The zero-order valence-corrected chi connectivity index (χ0v) is 10.1. The van der Waals surface area contributed by atoms with Crippen LogP contribution in [-0.2, 0) is 0 Å². The number of Topliss-reactive ketones (excluding diaryl/α,β-unsaturated/α-hetero) is 1. The van der Waals surface area contributed by atoms with Crippen molar-refractivity contribution in [3.63, 3.8) is 0 Å². The van der Waals surface area contributed by atoms with Gasteiger partial charge in [-0.25, -0.2) is 0 Å². The number of carbonyl (C=O) groups excluding carboxylic acids is 1. The maximum atomic E-state index is 12.4. The molecule has 0 N–H and O–H groups in total. The van der Waals surface area contributed by atoms with E-state index in [0.29, 0.717) is 5.78 Å². The molecule has 0 bridgehead atoms. The van der Waals surface area contributed by atoms with Gasteiger partial charge >= 0.3 is 0 Å². The fraction of sp³-hybridized carbons (Fsp3) is 0.500. The van der Waals surface area contributed by atoms with Gasteiger partial charge in [-0.2, -0.15) is 0 Å². The molecule has 1 aliphatic rings. The summed E-state index contributed by atoms with van der Waals surface area (Å²) in [5, 5.41) is 0. The summed E-state index contributed by atoms with van der Waals surface area (Å²) in [6.45, 7) is 4.15. The predicted molar refractivity (Wildman–Crippen MR) is 65.6 cm³/mol. The lowest BCUT2D eigenvalue weighted by Crippen LogP contribution is -2.41. The maximum absolute atomic E-state index is 12.4. The Morgan fingerprint density at radius 2 is 1.75 bits per heavy atom. The van der Waals surface area contributed by atoms with Crippen LogP contribution in [0.4, 0.5) is 0 Å². The summed E-state index contributed by atoms with van der Waals surface area (Å²) in [5.41, 5.74) is 0.697. The molecule has 0 aromatic heterocycles. The molecule has 86 valence electrons. The van der Waals surface area contributed by atoms with E-state index in [0.717, 1.165) is 31.5 Å². The summed E-state index contributed by atoms with van der Waals surface area (Å²) in [6, 6.07) is 9.67. The van der Waals surface area contributed by atoms with E-state index in [1.807, 2.05) is 30.3 Å². The van der Waals surface area contributed by atoms with Crippen LogP contribution >= 0.6 is 0 Å². The Kier molecular flexibility index (Phi) is 3.10. The maximum Gasteiger partial charge on any atom is 0.168 e. The van der Waals surface area contributed by atoms with Crippen LogP contribution in [0.1, 0.15) is 30.1 Å². The molecule has 2 heteroatoms. The number of rotatable bonds is 2. The average molecular weight is 217 g/mol. The highest BCUT2D eigenvalue weighted by Crippen LogP contribution is 2.33. The molecule has 1 aliphatic heterocycles. The number of carbonyl (C=O) groups is 1. The predicted octanol–water partition coefficient (Wildman–Crippen LogP) is 2.60. The smallest absolute Gasteiger partial charge is 0.168 e. The first-order chi connectivity index (χ1) is 7.62. The van der Waals surface area contributed by atoms with Gasteiger partial charge in [0, 0.05) is 11.0 Å². The normalized spacial score (nSPS) is 20.6. The van der Waals surface area contributed by atoms with Gasteiger partial charge in [-0.05, 0) is 33.0 Å². The van der Waals surface area contributed by atoms with Gasteiger partial charge in [-0.3, -0.25) is 4.79 Å². The first kappa shape index (κ1) is 11.3. The molecule has 0 unspecified atom stereocenters. The molecule has 0 aliphatic carbocycles. The highest BCUT2D eigenvalue weighted by atomic mass is 16.1. The quantitative estimate of drug-likeness (QED) is 0.710. The van der Waals surface area contributed by atoms with Crippen molar-refractivity contribution >= 4 is 5.78 Å². The molecule has 0 saturated carbocycles. The molecule has 1 fully saturated rings. The van der Waals surface area contributed by atoms with Gasteiger partial charge in [-0.1, -0.05) is 37.3 Å². The molecule has 0 atom stereocenters. The average Bonchev–Trinajstić information content (AvgIpc) is 2.33. The van der Waals surface area contributed by atoms with Crippen molar-refractivity contribution in [3.8, 4) is 0 Å². The van der Waals surface area contributed by atoms with Crippen LogP contribution in [-0.4, -0.2) is 30.8 Å². The van der Waals surface area contributed by atoms with Gasteiger partial charge in [0.25, 0.3) is 0 Å². The first-order valence-corrected chi connectivity index (χ1v) is 5.90. The highest BCUT2D eigenvalue weighted by Gasteiger charge is 2.36. The molecule has 0 spiro atoms. The van der Waals surface area contributed by atoms with Gasteiger partial charge in [0.15, 0.2) is 5.78 Å². The van der Waals surface area contributed by atoms with Crippen molar-refractivity contribution in [1.82, 2.24) is 4.90 Å². The van der Waals surface area contributed by atoms with E-state index in [-0.39, 0.29) is 5.41 Å². The third-order valence-corrected chi connectivity index (χ3v) is 3.67. The zero-order chi connectivity index (χ0) is 11.6. The van der Waals surface area contributed by atoms with Crippen molar-refractivity contribution in [2.75, 3.05) is 20.1 Å². The minimum atomic E-state index is -0.159. The highest BCUT2D eigenvalue weighted by molar-refractivity contribution is 6.00. The van der Waals surface area contributed by atoms with Gasteiger partial charge < -0.3 is 4.90 Å². The van der Waals surface area contributed by atoms with Crippen molar-refractivity contribution in [2.24, 2.45) is 5.41 Å². The largest absolute Gasteiger partial charge is 0.306 e. The third kappa shape index (κ3) is 2.17. The second kappa shape index (κ2) is 4.38. The summed E-state index contributed by atoms with van der Waals surface area (Å²) in [6.07, 6.45) is 1.94. The molecule has 1 aromatic rings. The van der Waals surface area contributed by atoms with E-state index >= 15 is 0 Å². The van der Waals surface area contributed by atoms with Gasteiger partial charge in [0.1, 0.15) is 0 Å². The van der Waals surface area contributed by atoms with E-state index in [9.17, 15) is 4.79 Å². The second-order valence-corrected chi connectivity index (χ2v) is 5.06. The number of hydrogen-bond donors (Lipinski definition) is 0. The van der Waals surface area contributed by atoms with Crippen LogP contribution in [0.25, 0.3) is 0 Å². The number of benzene rings is 1. The van der Waals surface area contributed by atoms with E-state index in [1.54, 1.807) is 0 Å². The number of hydrogen-bond acceptors (Lipinski definition) is 2. The van der Waals surface area contributed by atoms with Crippen molar-refractivity contribution < 1.29 is 4.79 Å². The number of likely N-dealkylation sites (tertiary alicyclic amines) is 1. The van der Waals surface area contributed by atoms with Crippen LogP contribution in [0.2, 0.25) is 0 Å². The lowest BCUT2D eigenvalue weighted by atomic mass is 9.74.